The van der Waals surface area contributed by atoms with Crippen molar-refractivity contribution in [3.63, 3.8) is 0 Å². The second kappa shape index (κ2) is 10.7. The van der Waals surface area contributed by atoms with Crippen molar-refractivity contribution >= 4 is 11.8 Å². The van der Waals surface area contributed by atoms with Gasteiger partial charge in [0.2, 0.25) is 11.8 Å². The van der Waals surface area contributed by atoms with Gasteiger partial charge in [0.15, 0.2) is 0 Å². The lowest BCUT2D eigenvalue weighted by molar-refractivity contribution is -0.134. The Balaban J connectivity index is 1.37. The van der Waals surface area contributed by atoms with E-state index in [0.717, 1.165) is 65.1 Å². The first-order valence-electron chi connectivity index (χ1n) is 11.0. The van der Waals surface area contributed by atoms with Gasteiger partial charge < -0.3 is 14.7 Å². The molecule has 1 aromatic carbocycles. The summed E-state index contributed by atoms with van der Waals surface area (Å²) in [6.07, 6.45) is 3.69. The molecule has 0 spiro atoms. The first-order valence-corrected chi connectivity index (χ1v) is 11.0. The van der Waals surface area contributed by atoms with Crippen molar-refractivity contribution in [3.05, 3.63) is 35.9 Å². The Labute approximate surface area is 175 Å². The van der Waals surface area contributed by atoms with Gasteiger partial charge in [-0.1, -0.05) is 30.3 Å². The topological polar surface area (TPSA) is 47.1 Å². The van der Waals surface area contributed by atoms with Crippen molar-refractivity contribution in [2.45, 2.75) is 32.2 Å². The van der Waals surface area contributed by atoms with Crippen LogP contribution in [0, 0.1) is 5.92 Å². The molecule has 0 saturated carbocycles. The number of benzene rings is 1. The highest BCUT2D eigenvalue weighted by Crippen LogP contribution is 2.22. The lowest BCUT2D eigenvalue weighted by Gasteiger charge is -2.36. The number of nitrogens with zero attached hydrogens (tertiary/aromatic N) is 4. The van der Waals surface area contributed by atoms with E-state index in [1.807, 2.05) is 34.9 Å². The van der Waals surface area contributed by atoms with Crippen molar-refractivity contribution in [2.24, 2.45) is 5.92 Å². The number of carbonyl (C=O) groups is 2. The minimum atomic E-state index is 0.209. The molecule has 2 amide bonds. The van der Waals surface area contributed by atoms with E-state index in [-0.39, 0.29) is 11.8 Å². The predicted molar refractivity (Wildman–Crippen MR) is 115 cm³/mol. The summed E-state index contributed by atoms with van der Waals surface area (Å²) in [6.45, 7) is 6.63. The zero-order valence-corrected chi connectivity index (χ0v) is 18.1. The van der Waals surface area contributed by atoms with Gasteiger partial charge in [0, 0.05) is 52.2 Å². The van der Waals surface area contributed by atoms with Crippen LogP contribution in [0.25, 0.3) is 0 Å². The van der Waals surface area contributed by atoms with Crippen molar-refractivity contribution in [1.82, 2.24) is 19.6 Å². The van der Waals surface area contributed by atoms with Gasteiger partial charge in [-0.25, -0.2) is 0 Å². The molecule has 2 fully saturated rings. The van der Waals surface area contributed by atoms with E-state index in [2.05, 4.69) is 29.2 Å². The fourth-order valence-corrected chi connectivity index (χ4v) is 4.38. The van der Waals surface area contributed by atoms with Crippen molar-refractivity contribution in [3.8, 4) is 0 Å². The number of hydrogen-bond acceptors (Lipinski definition) is 4. The number of amides is 2. The van der Waals surface area contributed by atoms with E-state index in [0.29, 0.717) is 18.9 Å². The molecule has 3 rings (SSSR count). The van der Waals surface area contributed by atoms with Crippen LogP contribution >= 0.6 is 0 Å². The monoisotopic (exact) mass is 400 g/mol. The van der Waals surface area contributed by atoms with Gasteiger partial charge in [0.1, 0.15) is 0 Å². The summed E-state index contributed by atoms with van der Waals surface area (Å²) >= 11 is 0. The molecule has 2 saturated heterocycles. The highest BCUT2D eigenvalue weighted by Gasteiger charge is 2.26. The number of likely N-dealkylation sites (tertiary alicyclic amines) is 1. The Morgan fingerprint density at radius 2 is 1.69 bits per heavy atom. The van der Waals surface area contributed by atoms with Crippen LogP contribution < -0.4 is 0 Å². The third-order valence-corrected chi connectivity index (χ3v) is 6.06. The molecular formula is C23H36N4O2. The zero-order valence-electron chi connectivity index (χ0n) is 18.1. The summed E-state index contributed by atoms with van der Waals surface area (Å²) < 4.78 is 0. The molecule has 1 atom stereocenters. The molecule has 0 bridgehead atoms. The quantitative estimate of drug-likeness (QED) is 0.702. The number of rotatable bonds is 7. The van der Waals surface area contributed by atoms with E-state index in [1.54, 1.807) is 0 Å². The summed E-state index contributed by atoms with van der Waals surface area (Å²) in [6, 6.07) is 10.5. The lowest BCUT2D eigenvalue weighted by Crippen LogP contribution is -2.48. The van der Waals surface area contributed by atoms with Gasteiger partial charge in [-0.15, -0.1) is 0 Å². The predicted octanol–water partition coefficient (Wildman–Crippen LogP) is 1.91. The molecule has 2 heterocycles. The average molecular weight is 401 g/mol. The van der Waals surface area contributed by atoms with Gasteiger partial charge in [-0.2, -0.15) is 0 Å². The van der Waals surface area contributed by atoms with E-state index in [9.17, 15) is 9.59 Å². The molecule has 160 valence electrons. The van der Waals surface area contributed by atoms with Crippen LogP contribution in [0.5, 0.6) is 0 Å². The average Bonchev–Trinajstić information content (AvgIpc) is 2.73. The summed E-state index contributed by atoms with van der Waals surface area (Å²) in [5.41, 5.74) is 1.33. The summed E-state index contributed by atoms with van der Waals surface area (Å²) in [7, 11) is 3.86. The number of likely N-dealkylation sites (N-methyl/N-ethyl adjacent to an activating group) is 1. The number of piperazine rings is 1. The SMILES string of the molecule is CN(C)CC(=O)N1CCC[C@@H](CCC(=O)N2CCN(Cc3ccccc3)CC2)C1. The van der Waals surface area contributed by atoms with Crippen LogP contribution in [0.3, 0.4) is 0 Å². The van der Waals surface area contributed by atoms with E-state index < -0.39 is 0 Å². The molecule has 2 aliphatic rings. The maximum absolute atomic E-state index is 12.7. The van der Waals surface area contributed by atoms with Gasteiger partial charge in [0.05, 0.1) is 6.54 Å². The third-order valence-electron chi connectivity index (χ3n) is 6.06. The second-order valence-electron chi connectivity index (χ2n) is 8.77. The van der Waals surface area contributed by atoms with Gasteiger partial charge in [-0.05, 0) is 44.8 Å². The standard InChI is InChI=1S/C23H36N4O2/c1-24(2)19-23(29)27-12-6-9-21(18-27)10-11-22(28)26-15-13-25(14-16-26)17-20-7-4-3-5-8-20/h3-5,7-8,21H,6,9-19H2,1-2H3/t21-/m0/s1. The Bertz CT molecular complexity index is 656. The Kier molecular flexibility index (Phi) is 8.07. The van der Waals surface area contributed by atoms with Crippen LogP contribution in [-0.2, 0) is 16.1 Å². The maximum atomic E-state index is 12.7. The molecule has 0 aromatic heterocycles. The molecule has 0 aliphatic carbocycles. The number of piperidine rings is 1. The minimum Gasteiger partial charge on any atom is -0.341 e. The summed E-state index contributed by atoms with van der Waals surface area (Å²) in [5, 5.41) is 0. The van der Waals surface area contributed by atoms with E-state index >= 15 is 0 Å². The Hall–Kier alpha value is -1.92. The van der Waals surface area contributed by atoms with Gasteiger partial charge in [0.25, 0.3) is 0 Å². The summed E-state index contributed by atoms with van der Waals surface area (Å²) in [5.74, 6) is 0.944. The van der Waals surface area contributed by atoms with Gasteiger partial charge in [-0.3, -0.25) is 14.5 Å². The van der Waals surface area contributed by atoms with Crippen LogP contribution in [0.2, 0.25) is 0 Å². The zero-order chi connectivity index (χ0) is 20.6. The van der Waals surface area contributed by atoms with E-state index in [1.165, 1.54) is 5.56 Å². The molecular weight excluding hydrogens is 364 g/mol. The number of hydrogen-bond donors (Lipinski definition) is 0. The van der Waals surface area contributed by atoms with Crippen LogP contribution in [0.15, 0.2) is 30.3 Å². The van der Waals surface area contributed by atoms with Crippen molar-refractivity contribution in [1.29, 1.82) is 0 Å². The highest BCUT2D eigenvalue weighted by molar-refractivity contribution is 5.78. The largest absolute Gasteiger partial charge is 0.341 e. The van der Waals surface area contributed by atoms with Gasteiger partial charge >= 0.3 is 0 Å². The highest BCUT2D eigenvalue weighted by atomic mass is 16.2. The Morgan fingerprint density at radius 1 is 0.966 bits per heavy atom. The maximum Gasteiger partial charge on any atom is 0.236 e. The Morgan fingerprint density at radius 3 is 2.38 bits per heavy atom. The molecule has 0 unspecified atom stereocenters. The molecule has 6 nitrogen and oxygen atoms in total. The number of carbonyl (C=O) groups excluding carboxylic acids is 2. The molecule has 6 heteroatoms. The van der Waals surface area contributed by atoms with Crippen LogP contribution in [0.4, 0.5) is 0 Å². The molecule has 29 heavy (non-hydrogen) atoms. The molecule has 1 aromatic rings. The first-order chi connectivity index (χ1) is 14.0. The lowest BCUT2D eigenvalue weighted by atomic mass is 9.93. The van der Waals surface area contributed by atoms with Crippen LogP contribution in [-0.4, -0.2) is 91.3 Å². The second-order valence-corrected chi connectivity index (χ2v) is 8.77. The molecule has 0 N–H and O–H groups in total. The first kappa shape index (κ1) is 21.8. The van der Waals surface area contributed by atoms with Crippen molar-refractivity contribution in [2.75, 3.05) is 59.9 Å². The third kappa shape index (κ3) is 6.82. The fraction of sp³-hybridized carbons (Fsp3) is 0.652. The molecule has 0 radical (unpaired) electrons. The molecule has 2 aliphatic heterocycles. The normalized spacial score (nSPS) is 20.9. The van der Waals surface area contributed by atoms with Crippen LogP contribution in [0.1, 0.15) is 31.2 Å². The van der Waals surface area contributed by atoms with E-state index in [4.69, 9.17) is 0 Å². The van der Waals surface area contributed by atoms with Crippen molar-refractivity contribution < 1.29 is 9.59 Å². The summed E-state index contributed by atoms with van der Waals surface area (Å²) in [4.78, 5) is 33.4. The fourth-order valence-electron chi connectivity index (χ4n) is 4.38. The smallest absolute Gasteiger partial charge is 0.236 e. The minimum absolute atomic E-state index is 0.209.